The number of aromatic amines is 1. The minimum absolute atomic E-state index is 0.0617. The van der Waals surface area contributed by atoms with Crippen LogP contribution in [0, 0.1) is 13.8 Å². The van der Waals surface area contributed by atoms with Crippen LogP contribution in [0.1, 0.15) is 21.6 Å². The Hall–Kier alpha value is -1.85. The second kappa shape index (κ2) is 6.74. The number of hydrogen-bond donors (Lipinski definition) is 2. The fourth-order valence-corrected chi connectivity index (χ4v) is 2.38. The number of nitrogens with zero attached hydrogens (tertiary/aromatic N) is 1. The molecule has 5 nitrogen and oxygen atoms in total. The van der Waals surface area contributed by atoms with Gasteiger partial charge in [-0.3, -0.25) is 4.79 Å². The lowest BCUT2D eigenvalue weighted by Crippen LogP contribution is -2.36. The van der Waals surface area contributed by atoms with Crippen molar-refractivity contribution in [3.63, 3.8) is 0 Å². The van der Waals surface area contributed by atoms with E-state index in [1.54, 1.807) is 12.0 Å². The summed E-state index contributed by atoms with van der Waals surface area (Å²) in [6.07, 6.45) is 0. The molecule has 0 fully saturated rings. The lowest BCUT2D eigenvalue weighted by molar-refractivity contribution is 0.0652. The third kappa shape index (κ3) is 3.25. The smallest absolute Gasteiger partial charge is 0.270 e. The summed E-state index contributed by atoms with van der Waals surface area (Å²) >= 11 is 0. The maximum absolute atomic E-state index is 12.5. The molecule has 2 rings (SSSR count). The molecule has 5 heteroatoms. The van der Waals surface area contributed by atoms with Crippen LogP contribution in [0.15, 0.2) is 18.2 Å². The van der Waals surface area contributed by atoms with Crippen LogP contribution in [0.5, 0.6) is 0 Å². The lowest BCUT2D eigenvalue weighted by atomic mass is 10.1. The minimum Gasteiger partial charge on any atom is -0.395 e. The maximum atomic E-state index is 12.5. The van der Waals surface area contributed by atoms with E-state index in [1.807, 2.05) is 18.2 Å². The second-order valence-electron chi connectivity index (χ2n) is 5.16. The number of hydrogen-bond acceptors (Lipinski definition) is 3. The van der Waals surface area contributed by atoms with Crippen molar-refractivity contribution in [2.24, 2.45) is 0 Å². The van der Waals surface area contributed by atoms with Crippen LogP contribution >= 0.6 is 0 Å². The number of fused-ring (bicyclic) bond motifs is 1. The number of aliphatic hydroxyl groups excluding tert-OH is 1. The van der Waals surface area contributed by atoms with E-state index in [0.717, 1.165) is 10.9 Å². The first-order valence-electron chi connectivity index (χ1n) is 7.06. The molecule has 0 radical (unpaired) electrons. The molecule has 0 bridgehead atoms. The first-order chi connectivity index (χ1) is 10.1. The van der Waals surface area contributed by atoms with Crippen molar-refractivity contribution in [2.45, 2.75) is 13.8 Å². The van der Waals surface area contributed by atoms with E-state index in [9.17, 15) is 4.79 Å². The quantitative estimate of drug-likeness (QED) is 0.853. The summed E-state index contributed by atoms with van der Waals surface area (Å²) in [4.78, 5) is 17.3. The van der Waals surface area contributed by atoms with Gasteiger partial charge in [0.1, 0.15) is 5.69 Å². The van der Waals surface area contributed by atoms with Gasteiger partial charge < -0.3 is 19.7 Å². The number of methoxy groups -OCH3 is 1. The van der Waals surface area contributed by atoms with E-state index < -0.39 is 0 Å². The number of ether oxygens (including phenoxy) is 1. The number of carbonyl (C=O) groups excluding carboxylic acids is 1. The van der Waals surface area contributed by atoms with Gasteiger partial charge in [-0.25, -0.2) is 0 Å². The van der Waals surface area contributed by atoms with Crippen LogP contribution in [0.4, 0.5) is 0 Å². The molecule has 2 N–H and O–H groups in total. The zero-order valence-electron chi connectivity index (χ0n) is 12.8. The van der Waals surface area contributed by atoms with E-state index in [2.05, 4.69) is 18.8 Å². The average molecular weight is 290 g/mol. The predicted octanol–water partition coefficient (Wildman–Crippen LogP) is 1.87. The van der Waals surface area contributed by atoms with Crippen molar-refractivity contribution in [3.8, 4) is 0 Å². The highest BCUT2D eigenvalue weighted by Gasteiger charge is 2.18. The minimum atomic E-state index is -0.116. The number of aromatic nitrogens is 1. The first-order valence-corrected chi connectivity index (χ1v) is 7.06. The second-order valence-corrected chi connectivity index (χ2v) is 5.16. The number of carbonyl (C=O) groups is 1. The number of amides is 1. The van der Waals surface area contributed by atoms with Crippen molar-refractivity contribution in [3.05, 3.63) is 35.0 Å². The molecule has 0 aliphatic carbocycles. The van der Waals surface area contributed by atoms with Gasteiger partial charge in [0.25, 0.3) is 5.91 Å². The summed E-state index contributed by atoms with van der Waals surface area (Å²) < 4.78 is 5.01. The van der Waals surface area contributed by atoms with Gasteiger partial charge in [-0.05, 0) is 37.1 Å². The van der Waals surface area contributed by atoms with Gasteiger partial charge in [0.2, 0.25) is 0 Å². The zero-order chi connectivity index (χ0) is 15.4. The van der Waals surface area contributed by atoms with Crippen molar-refractivity contribution < 1.29 is 14.6 Å². The van der Waals surface area contributed by atoms with Crippen molar-refractivity contribution in [2.75, 3.05) is 33.4 Å². The third-order valence-electron chi connectivity index (χ3n) is 3.80. The summed E-state index contributed by atoms with van der Waals surface area (Å²) in [5, 5.41) is 10.2. The molecule has 0 spiro atoms. The standard InChI is InChI=1S/C16H22N2O3/c1-11-4-5-14-13(12(11)2)10-15(17-14)16(20)18(6-8-19)7-9-21-3/h4-5,10,17,19H,6-9H2,1-3H3. The van der Waals surface area contributed by atoms with Crippen LogP contribution in [-0.2, 0) is 4.74 Å². The van der Waals surface area contributed by atoms with E-state index in [4.69, 9.17) is 9.84 Å². The van der Waals surface area contributed by atoms with E-state index >= 15 is 0 Å². The highest BCUT2D eigenvalue weighted by Crippen LogP contribution is 2.23. The monoisotopic (exact) mass is 290 g/mol. The molecule has 21 heavy (non-hydrogen) atoms. The Balaban J connectivity index is 2.31. The Morgan fingerprint density at radius 3 is 2.76 bits per heavy atom. The summed E-state index contributed by atoms with van der Waals surface area (Å²) in [6, 6.07) is 5.91. The van der Waals surface area contributed by atoms with Gasteiger partial charge in [-0.1, -0.05) is 6.07 Å². The van der Waals surface area contributed by atoms with Gasteiger partial charge in [0, 0.05) is 31.1 Å². The molecule has 0 saturated heterocycles. The lowest BCUT2D eigenvalue weighted by Gasteiger charge is -2.20. The zero-order valence-corrected chi connectivity index (χ0v) is 12.8. The van der Waals surface area contributed by atoms with Gasteiger partial charge in [0.15, 0.2) is 0 Å². The Morgan fingerprint density at radius 2 is 2.10 bits per heavy atom. The van der Waals surface area contributed by atoms with Crippen LogP contribution in [0.25, 0.3) is 10.9 Å². The van der Waals surface area contributed by atoms with E-state index in [0.29, 0.717) is 25.4 Å². The maximum Gasteiger partial charge on any atom is 0.270 e. The van der Waals surface area contributed by atoms with Gasteiger partial charge in [-0.2, -0.15) is 0 Å². The molecule has 1 aromatic heterocycles. The summed E-state index contributed by atoms with van der Waals surface area (Å²) in [5.41, 5.74) is 3.88. The number of rotatable bonds is 6. The number of aliphatic hydroxyl groups is 1. The van der Waals surface area contributed by atoms with Crippen LogP contribution in [0.3, 0.4) is 0 Å². The van der Waals surface area contributed by atoms with Gasteiger partial charge in [-0.15, -0.1) is 0 Å². The Bertz CT molecular complexity index is 634. The van der Waals surface area contributed by atoms with E-state index in [1.165, 1.54) is 11.1 Å². The summed E-state index contributed by atoms with van der Waals surface area (Å²) in [6.45, 7) is 5.26. The molecule has 1 amide bonds. The molecule has 2 aromatic rings. The molecule has 0 unspecified atom stereocenters. The molecule has 0 aliphatic rings. The Morgan fingerprint density at radius 1 is 1.33 bits per heavy atom. The van der Waals surface area contributed by atoms with Gasteiger partial charge >= 0.3 is 0 Å². The molecule has 0 atom stereocenters. The van der Waals surface area contributed by atoms with Crippen molar-refractivity contribution >= 4 is 16.8 Å². The highest BCUT2D eigenvalue weighted by molar-refractivity contribution is 5.99. The van der Waals surface area contributed by atoms with Crippen molar-refractivity contribution in [1.82, 2.24) is 9.88 Å². The van der Waals surface area contributed by atoms with Crippen LogP contribution < -0.4 is 0 Å². The number of benzene rings is 1. The SMILES string of the molecule is COCCN(CCO)C(=O)c1cc2c(C)c(C)ccc2[nH]1. The third-order valence-corrected chi connectivity index (χ3v) is 3.80. The topological polar surface area (TPSA) is 65.6 Å². The number of nitrogens with one attached hydrogen (secondary N) is 1. The Kier molecular flexibility index (Phi) is 4.98. The summed E-state index contributed by atoms with van der Waals surface area (Å²) in [5.74, 6) is -0.116. The predicted molar refractivity (Wildman–Crippen MR) is 82.6 cm³/mol. The fourth-order valence-electron chi connectivity index (χ4n) is 2.38. The fraction of sp³-hybridized carbons (Fsp3) is 0.438. The van der Waals surface area contributed by atoms with Crippen LogP contribution in [-0.4, -0.2) is 54.3 Å². The van der Waals surface area contributed by atoms with Crippen molar-refractivity contribution in [1.29, 1.82) is 0 Å². The molecule has 0 saturated carbocycles. The van der Waals surface area contributed by atoms with Gasteiger partial charge in [0.05, 0.1) is 13.2 Å². The summed E-state index contributed by atoms with van der Waals surface area (Å²) in [7, 11) is 1.59. The number of H-pyrrole nitrogens is 1. The normalized spacial score (nSPS) is 11.0. The molecular weight excluding hydrogens is 268 g/mol. The van der Waals surface area contributed by atoms with Crippen LogP contribution in [0.2, 0.25) is 0 Å². The Labute approximate surface area is 124 Å². The number of aryl methyl sites for hydroxylation is 2. The first kappa shape index (κ1) is 15.5. The largest absolute Gasteiger partial charge is 0.395 e. The molecule has 1 aromatic carbocycles. The van der Waals surface area contributed by atoms with E-state index in [-0.39, 0.29) is 12.5 Å². The average Bonchev–Trinajstić information content (AvgIpc) is 2.91. The molecular formula is C16H22N2O3. The highest BCUT2D eigenvalue weighted by atomic mass is 16.5. The molecule has 114 valence electrons. The molecule has 0 aliphatic heterocycles. The molecule has 1 heterocycles.